The van der Waals surface area contributed by atoms with Crippen LogP contribution in [0.2, 0.25) is 0 Å². The normalized spacial score (nSPS) is 54.6. The molecule has 0 aliphatic heterocycles. The largest absolute Gasteiger partial charge is 0.458 e. The summed E-state index contributed by atoms with van der Waals surface area (Å²) in [7, 11) is 0. The van der Waals surface area contributed by atoms with E-state index in [-0.39, 0.29) is 0 Å². The average molecular weight is 196 g/mol. The van der Waals surface area contributed by atoms with Crippen molar-refractivity contribution in [3.8, 4) is 0 Å². The molecule has 0 saturated heterocycles. The number of carbonyl (C=O) groups is 1. The number of hydrogen-bond acceptors (Lipinski definition) is 3. The molecule has 0 aromatic heterocycles. The van der Waals surface area contributed by atoms with E-state index in [4.69, 9.17) is 4.74 Å². The lowest BCUT2D eigenvalue weighted by Gasteiger charge is -2.57. The van der Waals surface area contributed by atoms with Crippen molar-refractivity contribution in [3.63, 3.8) is 0 Å². The van der Waals surface area contributed by atoms with Crippen molar-refractivity contribution in [2.75, 3.05) is 0 Å². The summed E-state index contributed by atoms with van der Waals surface area (Å²) in [6.07, 6.45) is 4.94. The minimum atomic E-state index is -0.503. The Kier molecular flexibility index (Phi) is 1.69. The predicted molar refractivity (Wildman–Crippen MR) is 49.4 cm³/mol. The van der Waals surface area contributed by atoms with Crippen LogP contribution in [0, 0.1) is 17.8 Å². The first-order valence-corrected chi connectivity index (χ1v) is 5.53. The van der Waals surface area contributed by atoms with Crippen LogP contribution in [-0.4, -0.2) is 23.3 Å². The van der Waals surface area contributed by atoms with Gasteiger partial charge in [0, 0.05) is 0 Å². The summed E-state index contributed by atoms with van der Waals surface area (Å²) < 4.78 is 5.22. The first kappa shape index (κ1) is 8.72. The Morgan fingerprint density at radius 3 is 2.43 bits per heavy atom. The van der Waals surface area contributed by atoms with Crippen molar-refractivity contribution < 1.29 is 14.6 Å². The zero-order chi connectivity index (χ0) is 9.76. The standard InChI is InChI=1S/C11H16O3/c12-6-14-11-4-7-1-8(5-11)3-9(2-7)10(11)13/h6-10,13H,1-5H2. The zero-order valence-corrected chi connectivity index (χ0v) is 8.19. The third-order valence-electron chi connectivity index (χ3n) is 4.48. The van der Waals surface area contributed by atoms with Gasteiger partial charge in [-0.3, -0.25) is 4.79 Å². The van der Waals surface area contributed by atoms with Crippen LogP contribution in [0.5, 0.6) is 0 Å². The van der Waals surface area contributed by atoms with E-state index >= 15 is 0 Å². The van der Waals surface area contributed by atoms with Crippen LogP contribution in [0.4, 0.5) is 0 Å². The van der Waals surface area contributed by atoms with Crippen LogP contribution < -0.4 is 0 Å². The van der Waals surface area contributed by atoms with Gasteiger partial charge < -0.3 is 9.84 Å². The Morgan fingerprint density at radius 1 is 1.21 bits per heavy atom. The van der Waals surface area contributed by atoms with E-state index in [1.165, 1.54) is 6.42 Å². The molecule has 0 spiro atoms. The van der Waals surface area contributed by atoms with Crippen LogP contribution in [0.1, 0.15) is 32.1 Å². The second-order valence-corrected chi connectivity index (χ2v) is 5.33. The Morgan fingerprint density at radius 2 is 1.86 bits per heavy atom. The van der Waals surface area contributed by atoms with E-state index in [0.717, 1.165) is 25.7 Å². The number of aliphatic hydroxyl groups is 1. The summed E-state index contributed by atoms with van der Waals surface area (Å²) >= 11 is 0. The smallest absolute Gasteiger partial charge is 0.293 e. The lowest BCUT2D eigenvalue weighted by atomic mass is 9.53. The molecule has 3 atom stereocenters. The lowest BCUT2D eigenvalue weighted by molar-refractivity contribution is -0.218. The molecular weight excluding hydrogens is 180 g/mol. The number of ether oxygens (including phenoxy) is 1. The summed E-state index contributed by atoms with van der Waals surface area (Å²) in [5.41, 5.74) is -0.503. The minimum absolute atomic E-state index is 0.390. The summed E-state index contributed by atoms with van der Waals surface area (Å²) in [6.45, 7) is 0.524. The molecular formula is C11H16O3. The third kappa shape index (κ3) is 0.991. The summed E-state index contributed by atoms with van der Waals surface area (Å²) in [5, 5.41) is 10.1. The molecule has 0 heterocycles. The number of carbonyl (C=O) groups excluding carboxylic acids is 1. The second kappa shape index (κ2) is 2.72. The highest BCUT2D eigenvalue weighted by molar-refractivity contribution is 5.39. The molecule has 0 aromatic rings. The summed E-state index contributed by atoms with van der Waals surface area (Å²) in [6, 6.07) is 0. The van der Waals surface area contributed by atoms with Gasteiger partial charge in [0.2, 0.25) is 0 Å². The quantitative estimate of drug-likeness (QED) is 0.673. The van der Waals surface area contributed by atoms with Crippen LogP contribution in [-0.2, 0) is 9.53 Å². The molecule has 4 rings (SSSR count). The van der Waals surface area contributed by atoms with Gasteiger partial charge in [-0.15, -0.1) is 0 Å². The maximum Gasteiger partial charge on any atom is 0.293 e. The zero-order valence-electron chi connectivity index (χ0n) is 8.19. The average Bonchev–Trinajstić information content (AvgIpc) is 2.13. The van der Waals surface area contributed by atoms with Gasteiger partial charge in [0.1, 0.15) is 5.60 Å². The van der Waals surface area contributed by atoms with Crippen LogP contribution in [0.15, 0.2) is 0 Å². The monoisotopic (exact) mass is 196 g/mol. The number of aliphatic hydroxyl groups excluding tert-OH is 1. The first-order chi connectivity index (χ1) is 6.73. The molecule has 4 saturated carbocycles. The van der Waals surface area contributed by atoms with E-state index < -0.39 is 11.7 Å². The van der Waals surface area contributed by atoms with Gasteiger partial charge >= 0.3 is 0 Å². The van der Waals surface area contributed by atoms with E-state index in [0.29, 0.717) is 24.2 Å². The molecule has 1 N–H and O–H groups in total. The van der Waals surface area contributed by atoms with Crippen molar-refractivity contribution in [1.82, 2.24) is 0 Å². The minimum Gasteiger partial charge on any atom is -0.458 e. The van der Waals surface area contributed by atoms with Gasteiger partial charge in [-0.25, -0.2) is 0 Å². The molecule has 78 valence electrons. The fraction of sp³-hybridized carbons (Fsp3) is 0.909. The molecule has 4 aliphatic carbocycles. The van der Waals surface area contributed by atoms with Gasteiger partial charge in [0.05, 0.1) is 6.10 Å². The lowest BCUT2D eigenvalue weighted by Crippen LogP contribution is -2.61. The fourth-order valence-corrected chi connectivity index (χ4v) is 4.20. The fourth-order valence-electron chi connectivity index (χ4n) is 4.20. The van der Waals surface area contributed by atoms with Crippen molar-refractivity contribution in [3.05, 3.63) is 0 Å². The van der Waals surface area contributed by atoms with Gasteiger partial charge in [-0.05, 0) is 49.9 Å². The van der Waals surface area contributed by atoms with E-state index in [1.54, 1.807) is 0 Å². The van der Waals surface area contributed by atoms with Crippen molar-refractivity contribution in [1.29, 1.82) is 0 Å². The van der Waals surface area contributed by atoms with Crippen LogP contribution in [0.3, 0.4) is 0 Å². The molecule has 3 nitrogen and oxygen atoms in total. The van der Waals surface area contributed by atoms with Gasteiger partial charge in [-0.1, -0.05) is 0 Å². The molecule has 4 fully saturated rings. The van der Waals surface area contributed by atoms with E-state index in [2.05, 4.69) is 0 Å². The van der Waals surface area contributed by atoms with Crippen LogP contribution in [0.25, 0.3) is 0 Å². The molecule has 0 aromatic carbocycles. The van der Waals surface area contributed by atoms with E-state index in [1.807, 2.05) is 0 Å². The van der Waals surface area contributed by atoms with Crippen molar-refractivity contribution >= 4 is 6.47 Å². The molecule has 3 heteroatoms. The maximum absolute atomic E-state index is 10.5. The highest BCUT2D eigenvalue weighted by Crippen LogP contribution is 2.56. The molecule has 14 heavy (non-hydrogen) atoms. The summed E-state index contributed by atoms with van der Waals surface area (Å²) in [4.78, 5) is 10.5. The van der Waals surface area contributed by atoms with E-state index in [9.17, 15) is 9.90 Å². The van der Waals surface area contributed by atoms with Gasteiger partial charge in [-0.2, -0.15) is 0 Å². The number of rotatable bonds is 2. The Balaban J connectivity index is 1.93. The SMILES string of the molecule is O=COC12CC3CC(CC(C3)C1O)C2. The van der Waals surface area contributed by atoms with Crippen molar-refractivity contribution in [2.24, 2.45) is 17.8 Å². The third-order valence-corrected chi connectivity index (χ3v) is 4.48. The topological polar surface area (TPSA) is 46.5 Å². The summed E-state index contributed by atoms with van der Waals surface area (Å²) in [5.74, 6) is 1.77. The highest BCUT2D eigenvalue weighted by atomic mass is 16.6. The van der Waals surface area contributed by atoms with Gasteiger partial charge in [0.15, 0.2) is 0 Å². The molecule has 3 unspecified atom stereocenters. The molecule has 0 amide bonds. The highest BCUT2D eigenvalue weighted by Gasteiger charge is 2.58. The molecule has 0 radical (unpaired) electrons. The number of hydrogen-bond donors (Lipinski definition) is 1. The molecule has 4 bridgehead atoms. The molecule has 4 aliphatic rings. The maximum atomic E-state index is 10.5. The Labute approximate surface area is 83.4 Å². The van der Waals surface area contributed by atoms with Gasteiger partial charge in [0.25, 0.3) is 6.47 Å². The van der Waals surface area contributed by atoms with Crippen LogP contribution >= 0.6 is 0 Å². The first-order valence-electron chi connectivity index (χ1n) is 5.53. The second-order valence-electron chi connectivity index (χ2n) is 5.33. The Hall–Kier alpha value is -0.570. The van der Waals surface area contributed by atoms with Crippen molar-refractivity contribution in [2.45, 2.75) is 43.8 Å². The predicted octanol–water partition coefficient (Wildman–Crippen LogP) is 1.10. The Bertz CT molecular complexity index is 249.